The molecule has 0 aliphatic carbocycles. The molecule has 18 heavy (non-hydrogen) atoms. The quantitative estimate of drug-likeness (QED) is 0.948. The molecule has 1 aromatic carbocycles. The van der Waals surface area contributed by atoms with Crippen LogP contribution < -0.4 is 5.56 Å². The zero-order valence-corrected chi connectivity index (χ0v) is 11.5. The Morgan fingerprint density at radius 1 is 1.50 bits per heavy atom. The molecule has 0 radical (unpaired) electrons. The molecular weight excluding hydrogens is 294 g/mol. The van der Waals surface area contributed by atoms with Crippen LogP contribution in [0, 0.1) is 11.3 Å². The van der Waals surface area contributed by atoms with E-state index in [1.807, 2.05) is 0 Å². The zero-order valence-electron chi connectivity index (χ0n) is 9.90. The Kier molecular flexibility index (Phi) is 3.68. The number of rotatable bonds is 3. The molecule has 4 nitrogen and oxygen atoms in total. The third kappa shape index (κ3) is 2.24. The van der Waals surface area contributed by atoms with Gasteiger partial charge in [0.05, 0.1) is 23.0 Å². The second kappa shape index (κ2) is 5.23. The van der Waals surface area contributed by atoms with Crippen molar-refractivity contribution in [3.8, 4) is 11.8 Å². The summed E-state index contributed by atoms with van der Waals surface area (Å²) in [6.45, 7) is 2.05. The smallest absolute Gasteiger partial charge is 0.285 e. The molecule has 92 valence electrons. The van der Waals surface area contributed by atoms with E-state index in [0.29, 0.717) is 15.7 Å². The molecule has 0 fully saturated rings. The van der Waals surface area contributed by atoms with Gasteiger partial charge in [0, 0.05) is 0 Å². The first kappa shape index (κ1) is 12.7. The molecule has 1 heterocycles. The Balaban J connectivity index is 2.54. The number of hydrogen-bond donors (Lipinski definition) is 1. The van der Waals surface area contributed by atoms with E-state index in [1.54, 1.807) is 24.3 Å². The van der Waals surface area contributed by atoms with Gasteiger partial charge in [-0.2, -0.15) is 5.26 Å². The van der Waals surface area contributed by atoms with Crippen molar-refractivity contribution >= 4 is 15.9 Å². The van der Waals surface area contributed by atoms with Gasteiger partial charge in [-0.3, -0.25) is 9.89 Å². The maximum atomic E-state index is 12.1. The highest BCUT2D eigenvalue weighted by Crippen LogP contribution is 2.15. The lowest BCUT2D eigenvalue weighted by molar-refractivity contribution is 0.793. The second-order valence-corrected chi connectivity index (χ2v) is 4.75. The summed E-state index contributed by atoms with van der Waals surface area (Å²) < 4.78 is 2.02. The summed E-state index contributed by atoms with van der Waals surface area (Å²) in [5, 5.41) is 11.9. The van der Waals surface area contributed by atoms with Crippen molar-refractivity contribution in [2.24, 2.45) is 0 Å². The topological polar surface area (TPSA) is 61.6 Å². The Morgan fingerprint density at radius 3 is 2.94 bits per heavy atom. The molecule has 0 bridgehead atoms. The lowest BCUT2D eigenvalue weighted by Crippen LogP contribution is -2.14. The molecular formula is C13H12BrN3O. The number of halogens is 1. The fraction of sp³-hybridized carbons (Fsp3) is 0.231. The van der Waals surface area contributed by atoms with Crippen LogP contribution in [0.5, 0.6) is 0 Å². The Bertz CT molecular complexity index is 664. The minimum Gasteiger partial charge on any atom is -0.294 e. The Labute approximate surface area is 113 Å². The van der Waals surface area contributed by atoms with E-state index in [0.717, 1.165) is 18.5 Å². The number of nitrogens with zero attached hydrogens (tertiary/aromatic N) is 2. The van der Waals surface area contributed by atoms with Crippen LogP contribution in [0.2, 0.25) is 0 Å². The van der Waals surface area contributed by atoms with Crippen LogP contribution in [0.4, 0.5) is 0 Å². The third-order valence-corrected chi connectivity index (χ3v) is 3.45. The minimum atomic E-state index is -0.131. The molecule has 2 aromatic rings. The molecule has 0 saturated carbocycles. The van der Waals surface area contributed by atoms with Gasteiger partial charge >= 0.3 is 0 Å². The highest BCUT2D eigenvalue weighted by molar-refractivity contribution is 9.10. The maximum Gasteiger partial charge on any atom is 0.285 e. The van der Waals surface area contributed by atoms with Crippen molar-refractivity contribution in [2.75, 3.05) is 0 Å². The van der Waals surface area contributed by atoms with Crippen LogP contribution in [0.25, 0.3) is 5.69 Å². The number of aromatic nitrogens is 2. The first-order valence-corrected chi connectivity index (χ1v) is 6.46. The molecule has 0 unspecified atom stereocenters. The predicted molar refractivity (Wildman–Crippen MR) is 72.8 cm³/mol. The van der Waals surface area contributed by atoms with Crippen molar-refractivity contribution < 1.29 is 0 Å². The molecule has 1 aromatic heterocycles. The highest BCUT2D eigenvalue weighted by atomic mass is 79.9. The summed E-state index contributed by atoms with van der Waals surface area (Å²) in [5.41, 5.74) is 1.95. The first-order chi connectivity index (χ1) is 8.67. The summed E-state index contributed by atoms with van der Waals surface area (Å²) in [7, 11) is 0. The fourth-order valence-corrected chi connectivity index (χ4v) is 2.24. The molecule has 5 heteroatoms. The monoisotopic (exact) mass is 305 g/mol. The molecule has 0 saturated heterocycles. The number of aryl methyl sites for hydroxylation is 1. The molecule has 0 spiro atoms. The summed E-state index contributed by atoms with van der Waals surface area (Å²) in [4.78, 5) is 12.1. The molecule has 0 amide bonds. The van der Waals surface area contributed by atoms with E-state index in [4.69, 9.17) is 5.26 Å². The molecule has 0 aliphatic rings. The average molecular weight is 306 g/mol. The van der Waals surface area contributed by atoms with E-state index in [1.165, 1.54) is 4.68 Å². The van der Waals surface area contributed by atoms with Crippen LogP contribution in [0.15, 0.2) is 33.5 Å². The van der Waals surface area contributed by atoms with Crippen LogP contribution in [0.3, 0.4) is 0 Å². The predicted octanol–water partition coefficient (Wildman–Crippen LogP) is 2.75. The van der Waals surface area contributed by atoms with E-state index >= 15 is 0 Å². The van der Waals surface area contributed by atoms with Gasteiger partial charge in [0.2, 0.25) is 0 Å². The van der Waals surface area contributed by atoms with Crippen LogP contribution in [-0.4, -0.2) is 9.78 Å². The van der Waals surface area contributed by atoms with Gasteiger partial charge in [0.15, 0.2) is 0 Å². The van der Waals surface area contributed by atoms with Crippen molar-refractivity contribution in [3.05, 3.63) is 50.3 Å². The van der Waals surface area contributed by atoms with Gasteiger partial charge in [-0.05, 0) is 40.5 Å². The van der Waals surface area contributed by atoms with Gasteiger partial charge in [-0.15, -0.1) is 0 Å². The summed E-state index contributed by atoms with van der Waals surface area (Å²) >= 11 is 3.31. The molecule has 0 atom stereocenters. The Hall–Kier alpha value is -1.80. The average Bonchev–Trinajstić information content (AvgIpc) is 2.68. The normalized spacial score (nSPS) is 10.3. The van der Waals surface area contributed by atoms with E-state index in [2.05, 4.69) is 34.0 Å². The van der Waals surface area contributed by atoms with Crippen LogP contribution >= 0.6 is 15.9 Å². The second-order valence-electron chi connectivity index (χ2n) is 3.96. The third-order valence-electron chi connectivity index (χ3n) is 2.64. The lowest BCUT2D eigenvalue weighted by atomic mass is 10.2. The van der Waals surface area contributed by atoms with Crippen molar-refractivity contribution in [2.45, 2.75) is 19.8 Å². The molecule has 1 N–H and O–H groups in total. The first-order valence-electron chi connectivity index (χ1n) is 5.67. The largest absolute Gasteiger partial charge is 0.294 e. The van der Waals surface area contributed by atoms with Crippen LogP contribution in [-0.2, 0) is 6.42 Å². The number of hydrogen-bond acceptors (Lipinski definition) is 2. The minimum absolute atomic E-state index is 0.131. The van der Waals surface area contributed by atoms with Gasteiger partial charge in [-0.1, -0.05) is 19.4 Å². The SMILES string of the molecule is CCCc1[nH]n(-c2cccc(C#N)c2)c(=O)c1Br. The van der Waals surface area contributed by atoms with Crippen LogP contribution in [0.1, 0.15) is 24.6 Å². The number of H-pyrrole nitrogens is 1. The van der Waals surface area contributed by atoms with Crippen molar-refractivity contribution in [1.82, 2.24) is 9.78 Å². The van der Waals surface area contributed by atoms with E-state index in [-0.39, 0.29) is 5.56 Å². The van der Waals surface area contributed by atoms with E-state index < -0.39 is 0 Å². The maximum absolute atomic E-state index is 12.1. The number of aromatic amines is 1. The summed E-state index contributed by atoms with van der Waals surface area (Å²) in [6.07, 6.45) is 1.76. The van der Waals surface area contributed by atoms with Crippen molar-refractivity contribution in [3.63, 3.8) is 0 Å². The zero-order chi connectivity index (χ0) is 13.1. The number of nitrogens with one attached hydrogen (secondary N) is 1. The molecule has 0 aliphatic heterocycles. The van der Waals surface area contributed by atoms with Gasteiger partial charge in [-0.25, -0.2) is 4.68 Å². The summed E-state index contributed by atoms with van der Waals surface area (Å²) in [6, 6.07) is 9.00. The Morgan fingerprint density at radius 2 is 2.28 bits per heavy atom. The van der Waals surface area contributed by atoms with Crippen molar-refractivity contribution in [1.29, 1.82) is 5.26 Å². The fourth-order valence-electron chi connectivity index (χ4n) is 1.77. The standard InChI is InChI=1S/C13H12BrN3O/c1-2-4-11-12(14)13(18)17(16-11)10-6-3-5-9(7-10)8-15/h3,5-7,16H,2,4H2,1H3. The highest BCUT2D eigenvalue weighted by Gasteiger charge is 2.12. The van der Waals surface area contributed by atoms with Gasteiger partial charge in [0.25, 0.3) is 5.56 Å². The van der Waals surface area contributed by atoms with Gasteiger partial charge < -0.3 is 0 Å². The summed E-state index contributed by atoms with van der Waals surface area (Å²) in [5.74, 6) is 0. The van der Waals surface area contributed by atoms with E-state index in [9.17, 15) is 4.79 Å². The number of nitriles is 1. The molecule has 2 rings (SSSR count). The number of benzene rings is 1. The lowest BCUT2D eigenvalue weighted by Gasteiger charge is -2.01. The van der Waals surface area contributed by atoms with Gasteiger partial charge in [0.1, 0.15) is 4.47 Å².